The molecule has 17 heavy (non-hydrogen) atoms. The lowest BCUT2D eigenvalue weighted by molar-refractivity contribution is -0.134. The van der Waals surface area contributed by atoms with Gasteiger partial charge >= 0.3 is 0 Å². The van der Waals surface area contributed by atoms with Crippen molar-refractivity contribution in [3.63, 3.8) is 0 Å². The van der Waals surface area contributed by atoms with E-state index in [0.717, 1.165) is 25.9 Å². The maximum absolute atomic E-state index is 11.9. The predicted octanol–water partition coefficient (Wildman–Crippen LogP) is 0.112. The molecular weight excluding hydrogens is 218 g/mol. The quantitative estimate of drug-likeness (QED) is 0.718. The highest BCUT2D eigenvalue weighted by Gasteiger charge is 2.24. The first-order chi connectivity index (χ1) is 8.00. The summed E-state index contributed by atoms with van der Waals surface area (Å²) >= 11 is 0. The minimum absolute atomic E-state index is 0.0281. The number of carbonyl (C=O) groups excluding carboxylic acids is 2. The third-order valence-electron chi connectivity index (χ3n) is 2.84. The van der Waals surface area contributed by atoms with Gasteiger partial charge in [-0.2, -0.15) is 0 Å². The minimum Gasteiger partial charge on any atom is -0.343 e. The van der Waals surface area contributed by atoms with E-state index in [4.69, 9.17) is 0 Å². The molecule has 1 heterocycles. The van der Waals surface area contributed by atoms with Gasteiger partial charge in [0.15, 0.2) is 0 Å². The Morgan fingerprint density at radius 2 is 1.76 bits per heavy atom. The average molecular weight is 241 g/mol. The molecule has 1 aliphatic heterocycles. The van der Waals surface area contributed by atoms with Crippen molar-refractivity contribution in [2.45, 2.75) is 45.7 Å². The lowest BCUT2D eigenvalue weighted by Crippen LogP contribution is -2.48. The van der Waals surface area contributed by atoms with Crippen molar-refractivity contribution in [1.82, 2.24) is 15.5 Å². The van der Waals surface area contributed by atoms with Crippen LogP contribution >= 0.6 is 0 Å². The molecule has 0 aromatic rings. The van der Waals surface area contributed by atoms with Gasteiger partial charge in [0.2, 0.25) is 11.8 Å². The summed E-state index contributed by atoms with van der Waals surface area (Å²) in [5.74, 6) is -0.0980. The van der Waals surface area contributed by atoms with Crippen molar-refractivity contribution in [3.8, 4) is 0 Å². The first-order valence-corrected chi connectivity index (χ1v) is 6.32. The van der Waals surface area contributed by atoms with Crippen molar-refractivity contribution in [1.29, 1.82) is 0 Å². The fraction of sp³-hybridized carbons (Fsp3) is 0.833. The third-order valence-corrected chi connectivity index (χ3v) is 2.84. The molecule has 0 aliphatic carbocycles. The molecule has 0 saturated carbocycles. The van der Waals surface area contributed by atoms with E-state index in [0.29, 0.717) is 0 Å². The van der Waals surface area contributed by atoms with E-state index in [1.165, 1.54) is 0 Å². The average Bonchev–Trinajstić information content (AvgIpc) is 2.78. The molecule has 1 rings (SSSR count). The fourth-order valence-corrected chi connectivity index (χ4v) is 1.86. The van der Waals surface area contributed by atoms with Crippen LogP contribution in [0.3, 0.4) is 0 Å². The SMILES string of the molecule is CC(C)NCC(=O)NC(C)C(=O)N1CCCC1. The molecule has 1 saturated heterocycles. The highest BCUT2D eigenvalue weighted by Crippen LogP contribution is 2.08. The Balaban J connectivity index is 2.29. The van der Waals surface area contributed by atoms with Crippen LogP contribution in [-0.2, 0) is 9.59 Å². The largest absolute Gasteiger partial charge is 0.343 e. The summed E-state index contributed by atoms with van der Waals surface area (Å²) in [5.41, 5.74) is 0. The molecule has 0 spiro atoms. The van der Waals surface area contributed by atoms with Crippen LogP contribution in [0, 0.1) is 0 Å². The molecule has 0 aromatic heterocycles. The van der Waals surface area contributed by atoms with Gasteiger partial charge in [-0.05, 0) is 19.8 Å². The van der Waals surface area contributed by atoms with E-state index >= 15 is 0 Å². The number of nitrogens with one attached hydrogen (secondary N) is 2. The molecule has 1 fully saturated rings. The van der Waals surface area contributed by atoms with Crippen LogP contribution in [0.25, 0.3) is 0 Å². The Hall–Kier alpha value is -1.10. The highest BCUT2D eigenvalue weighted by molar-refractivity contribution is 5.88. The number of carbonyl (C=O) groups is 2. The van der Waals surface area contributed by atoms with E-state index in [1.54, 1.807) is 6.92 Å². The van der Waals surface area contributed by atoms with Crippen molar-refractivity contribution >= 4 is 11.8 Å². The van der Waals surface area contributed by atoms with Crippen molar-refractivity contribution < 1.29 is 9.59 Å². The van der Waals surface area contributed by atoms with Crippen LogP contribution in [0.5, 0.6) is 0 Å². The maximum atomic E-state index is 11.9. The topological polar surface area (TPSA) is 61.4 Å². The van der Waals surface area contributed by atoms with E-state index < -0.39 is 6.04 Å². The molecule has 1 atom stereocenters. The second kappa shape index (κ2) is 6.59. The van der Waals surface area contributed by atoms with E-state index in [9.17, 15) is 9.59 Å². The monoisotopic (exact) mass is 241 g/mol. The van der Waals surface area contributed by atoms with Gasteiger partial charge < -0.3 is 15.5 Å². The first-order valence-electron chi connectivity index (χ1n) is 6.32. The summed E-state index contributed by atoms with van der Waals surface area (Å²) in [6, 6.07) is -0.153. The second-order valence-corrected chi connectivity index (χ2v) is 4.86. The maximum Gasteiger partial charge on any atom is 0.244 e. The number of amides is 2. The second-order valence-electron chi connectivity index (χ2n) is 4.86. The summed E-state index contributed by atoms with van der Waals surface area (Å²) in [7, 11) is 0. The van der Waals surface area contributed by atoms with Gasteiger partial charge in [-0.3, -0.25) is 9.59 Å². The number of likely N-dealkylation sites (tertiary alicyclic amines) is 1. The van der Waals surface area contributed by atoms with Crippen LogP contribution in [0.2, 0.25) is 0 Å². The van der Waals surface area contributed by atoms with Gasteiger partial charge in [0, 0.05) is 19.1 Å². The minimum atomic E-state index is -0.422. The Morgan fingerprint density at radius 3 is 2.29 bits per heavy atom. The van der Waals surface area contributed by atoms with Crippen molar-refractivity contribution in [3.05, 3.63) is 0 Å². The van der Waals surface area contributed by atoms with Gasteiger partial charge in [-0.1, -0.05) is 13.8 Å². The van der Waals surface area contributed by atoms with Gasteiger partial charge in [0.05, 0.1) is 6.54 Å². The molecule has 0 radical (unpaired) electrons. The molecule has 2 amide bonds. The molecule has 1 unspecified atom stereocenters. The molecule has 1 aliphatic rings. The van der Waals surface area contributed by atoms with E-state index in [2.05, 4.69) is 10.6 Å². The molecule has 5 heteroatoms. The lowest BCUT2D eigenvalue weighted by atomic mass is 10.3. The lowest BCUT2D eigenvalue weighted by Gasteiger charge is -2.21. The van der Waals surface area contributed by atoms with E-state index in [-0.39, 0.29) is 24.4 Å². The van der Waals surface area contributed by atoms with E-state index in [1.807, 2.05) is 18.7 Å². The van der Waals surface area contributed by atoms with Gasteiger partial charge in [-0.15, -0.1) is 0 Å². The highest BCUT2D eigenvalue weighted by atomic mass is 16.2. The van der Waals surface area contributed by atoms with Crippen molar-refractivity contribution in [2.75, 3.05) is 19.6 Å². The Labute approximate surface area is 103 Å². The summed E-state index contributed by atoms with van der Waals surface area (Å²) in [5, 5.41) is 5.74. The zero-order chi connectivity index (χ0) is 12.8. The molecule has 98 valence electrons. The molecule has 5 nitrogen and oxygen atoms in total. The summed E-state index contributed by atoms with van der Waals surface area (Å²) in [6.07, 6.45) is 2.14. The number of hydrogen-bond acceptors (Lipinski definition) is 3. The number of hydrogen-bond donors (Lipinski definition) is 2. The zero-order valence-corrected chi connectivity index (χ0v) is 11.0. The summed E-state index contributed by atoms with van der Waals surface area (Å²) < 4.78 is 0. The van der Waals surface area contributed by atoms with Crippen LogP contribution in [-0.4, -0.2) is 48.4 Å². The molecule has 0 bridgehead atoms. The number of rotatable bonds is 5. The zero-order valence-electron chi connectivity index (χ0n) is 11.0. The first kappa shape index (κ1) is 14.0. The Morgan fingerprint density at radius 1 is 1.18 bits per heavy atom. The van der Waals surface area contributed by atoms with Gasteiger partial charge in [0.1, 0.15) is 6.04 Å². The summed E-state index contributed by atoms with van der Waals surface area (Å²) in [4.78, 5) is 25.3. The third kappa shape index (κ3) is 4.73. The summed E-state index contributed by atoms with van der Waals surface area (Å²) in [6.45, 7) is 7.61. The van der Waals surface area contributed by atoms with Crippen LogP contribution in [0.4, 0.5) is 0 Å². The van der Waals surface area contributed by atoms with Crippen LogP contribution < -0.4 is 10.6 Å². The fourth-order valence-electron chi connectivity index (χ4n) is 1.86. The van der Waals surface area contributed by atoms with Gasteiger partial charge in [-0.25, -0.2) is 0 Å². The standard InChI is InChI=1S/C12H23N3O2/c1-9(2)13-8-11(16)14-10(3)12(17)15-6-4-5-7-15/h9-10,13H,4-8H2,1-3H3,(H,14,16). The Bertz CT molecular complexity index is 273. The molecule has 2 N–H and O–H groups in total. The van der Waals surface area contributed by atoms with Crippen LogP contribution in [0.1, 0.15) is 33.6 Å². The van der Waals surface area contributed by atoms with Crippen molar-refractivity contribution in [2.24, 2.45) is 0 Å². The van der Waals surface area contributed by atoms with Gasteiger partial charge in [0.25, 0.3) is 0 Å². The normalized spacial score (nSPS) is 17.3. The predicted molar refractivity (Wildman–Crippen MR) is 66.6 cm³/mol. The van der Waals surface area contributed by atoms with Crippen LogP contribution in [0.15, 0.2) is 0 Å². The molecular formula is C12H23N3O2. The molecule has 0 aromatic carbocycles. The smallest absolute Gasteiger partial charge is 0.244 e. The Kier molecular flexibility index (Phi) is 5.41. The number of nitrogens with zero attached hydrogens (tertiary/aromatic N) is 1.